The minimum atomic E-state index is -0.644. The highest BCUT2D eigenvalue weighted by Gasteiger charge is 2.32. The fraction of sp³-hybridized carbons (Fsp3) is 0.321. The van der Waals surface area contributed by atoms with E-state index in [1.807, 2.05) is 87.5 Å². The van der Waals surface area contributed by atoms with Gasteiger partial charge in [0.15, 0.2) is 0 Å². The number of hydrogen-bond acceptors (Lipinski definition) is 5. The third-order valence-corrected chi connectivity index (χ3v) is 5.67. The number of aromatic nitrogens is 1. The van der Waals surface area contributed by atoms with Gasteiger partial charge in [0, 0.05) is 12.7 Å². The molecule has 2 heterocycles. The van der Waals surface area contributed by atoms with E-state index in [9.17, 15) is 9.59 Å². The fourth-order valence-corrected chi connectivity index (χ4v) is 4.08. The van der Waals surface area contributed by atoms with Crippen molar-refractivity contribution in [1.29, 1.82) is 0 Å². The van der Waals surface area contributed by atoms with Gasteiger partial charge in [0.2, 0.25) is 0 Å². The molecule has 0 bridgehead atoms. The maximum Gasteiger partial charge on any atom is 0.420 e. The first-order valence-corrected chi connectivity index (χ1v) is 11.8. The highest BCUT2D eigenvalue weighted by Crippen LogP contribution is 2.34. The van der Waals surface area contributed by atoms with Crippen LogP contribution in [0.1, 0.15) is 50.8 Å². The number of amides is 2. The van der Waals surface area contributed by atoms with E-state index in [-0.39, 0.29) is 18.7 Å². The molecule has 0 N–H and O–H groups in total. The van der Waals surface area contributed by atoms with Crippen molar-refractivity contribution in [1.82, 2.24) is 9.88 Å². The normalized spacial score (nSPS) is 15.5. The Balaban J connectivity index is 1.50. The van der Waals surface area contributed by atoms with Crippen molar-refractivity contribution in [2.75, 3.05) is 11.4 Å². The molecule has 7 heteroatoms. The largest absolute Gasteiger partial charge is 0.445 e. The van der Waals surface area contributed by atoms with E-state index in [1.165, 1.54) is 4.90 Å². The van der Waals surface area contributed by atoms with Crippen LogP contribution in [0.4, 0.5) is 21.1 Å². The molecule has 1 fully saturated rings. The van der Waals surface area contributed by atoms with Gasteiger partial charge in [-0.1, -0.05) is 54.6 Å². The summed E-state index contributed by atoms with van der Waals surface area (Å²) in [6.45, 7) is 6.36. The molecule has 1 aliphatic rings. The van der Waals surface area contributed by atoms with Crippen LogP contribution >= 0.6 is 0 Å². The number of likely N-dealkylation sites (tertiary alicyclic amines) is 1. The monoisotopic (exact) mass is 473 g/mol. The van der Waals surface area contributed by atoms with Crippen LogP contribution in [0.3, 0.4) is 0 Å². The zero-order valence-corrected chi connectivity index (χ0v) is 20.4. The van der Waals surface area contributed by atoms with Gasteiger partial charge in [-0.05, 0) is 62.9 Å². The number of carbonyl (C=O) groups is 2. The standard InChI is InChI=1S/C28H31N3O4/c1-28(2,3)35-27(33)31(23-13-8-5-9-14-23)25-17-16-22(19-29-25)24-15-10-18-30(24)26(32)34-20-21-11-6-4-7-12-21/h4-9,11-14,16-17,19,24H,10,15,18,20H2,1-3H3. The van der Waals surface area contributed by atoms with Crippen molar-refractivity contribution < 1.29 is 19.1 Å². The Labute approximate surface area is 206 Å². The number of pyridine rings is 1. The van der Waals surface area contributed by atoms with Gasteiger partial charge in [-0.3, -0.25) is 0 Å². The Morgan fingerprint density at radius 2 is 1.69 bits per heavy atom. The molecule has 1 aromatic heterocycles. The Hall–Kier alpha value is -3.87. The zero-order chi connectivity index (χ0) is 24.8. The van der Waals surface area contributed by atoms with Crippen LogP contribution in [0.5, 0.6) is 0 Å². The molecule has 0 radical (unpaired) electrons. The number of anilines is 2. The first kappa shape index (κ1) is 24.3. The lowest BCUT2D eigenvalue weighted by Crippen LogP contribution is -2.34. The number of para-hydroxylation sites is 1. The third-order valence-electron chi connectivity index (χ3n) is 5.67. The molecule has 1 unspecified atom stereocenters. The SMILES string of the molecule is CC(C)(C)OC(=O)N(c1ccccc1)c1ccc(C2CCCN2C(=O)OCc2ccccc2)cn1. The summed E-state index contributed by atoms with van der Waals surface area (Å²) in [5, 5.41) is 0. The van der Waals surface area contributed by atoms with E-state index in [0.717, 1.165) is 24.0 Å². The summed E-state index contributed by atoms with van der Waals surface area (Å²) in [5.41, 5.74) is 1.87. The number of benzene rings is 2. The Kier molecular flexibility index (Phi) is 7.34. The average Bonchev–Trinajstić information content (AvgIpc) is 3.33. The molecule has 7 nitrogen and oxygen atoms in total. The summed E-state index contributed by atoms with van der Waals surface area (Å²) in [6.07, 6.45) is 2.61. The van der Waals surface area contributed by atoms with Gasteiger partial charge in [-0.15, -0.1) is 0 Å². The van der Waals surface area contributed by atoms with Crippen LogP contribution in [-0.2, 0) is 16.1 Å². The molecular weight excluding hydrogens is 442 g/mol. The summed E-state index contributed by atoms with van der Waals surface area (Å²) in [6, 6.07) is 22.5. The van der Waals surface area contributed by atoms with Crippen molar-refractivity contribution >= 4 is 23.7 Å². The minimum absolute atomic E-state index is 0.119. The first-order valence-electron chi connectivity index (χ1n) is 11.8. The maximum atomic E-state index is 13.0. The molecule has 1 saturated heterocycles. The smallest absolute Gasteiger partial charge is 0.420 e. The summed E-state index contributed by atoms with van der Waals surface area (Å²) >= 11 is 0. The predicted molar refractivity (Wildman–Crippen MR) is 134 cm³/mol. The van der Waals surface area contributed by atoms with Gasteiger partial charge in [-0.25, -0.2) is 19.5 Å². The zero-order valence-electron chi connectivity index (χ0n) is 20.4. The first-order chi connectivity index (χ1) is 16.8. The van der Waals surface area contributed by atoms with Gasteiger partial charge in [0.05, 0.1) is 11.7 Å². The lowest BCUT2D eigenvalue weighted by molar-refractivity contribution is 0.0598. The highest BCUT2D eigenvalue weighted by molar-refractivity contribution is 5.95. The third kappa shape index (κ3) is 6.18. The molecule has 0 aliphatic carbocycles. The van der Waals surface area contributed by atoms with Crippen LogP contribution in [0.15, 0.2) is 79.0 Å². The van der Waals surface area contributed by atoms with Crippen LogP contribution in [-0.4, -0.2) is 34.2 Å². The fourth-order valence-electron chi connectivity index (χ4n) is 4.08. The molecule has 2 aromatic carbocycles. The predicted octanol–water partition coefficient (Wildman–Crippen LogP) is 6.63. The van der Waals surface area contributed by atoms with Crippen LogP contribution in [0.25, 0.3) is 0 Å². The lowest BCUT2D eigenvalue weighted by atomic mass is 10.1. The van der Waals surface area contributed by atoms with Crippen LogP contribution in [0.2, 0.25) is 0 Å². The molecule has 0 spiro atoms. The highest BCUT2D eigenvalue weighted by atomic mass is 16.6. The van der Waals surface area contributed by atoms with Gasteiger partial charge < -0.3 is 14.4 Å². The van der Waals surface area contributed by atoms with Crippen molar-refractivity contribution in [3.8, 4) is 0 Å². The van der Waals surface area contributed by atoms with Gasteiger partial charge in [0.25, 0.3) is 0 Å². The van der Waals surface area contributed by atoms with E-state index in [4.69, 9.17) is 9.47 Å². The second-order valence-electron chi connectivity index (χ2n) is 9.49. The quantitative estimate of drug-likeness (QED) is 0.416. The Morgan fingerprint density at radius 1 is 1.00 bits per heavy atom. The molecule has 1 aliphatic heterocycles. The van der Waals surface area contributed by atoms with E-state index < -0.39 is 11.7 Å². The Bertz CT molecular complexity index is 1130. The summed E-state index contributed by atoms with van der Waals surface area (Å²) in [7, 11) is 0. The maximum absolute atomic E-state index is 13.0. The molecule has 4 rings (SSSR count). The van der Waals surface area contributed by atoms with Crippen molar-refractivity contribution in [3.63, 3.8) is 0 Å². The number of ether oxygens (including phenoxy) is 2. The second-order valence-corrected chi connectivity index (χ2v) is 9.49. The van der Waals surface area contributed by atoms with Crippen molar-refractivity contribution in [2.45, 2.75) is 51.9 Å². The number of carbonyl (C=O) groups excluding carboxylic acids is 2. The van der Waals surface area contributed by atoms with Crippen molar-refractivity contribution in [3.05, 3.63) is 90.1 Å². The second kappa shape index (κ2) is 10.6. The topological polar surface area (TPSA) is 72.0 Å². The van der Waals surface area contributed by atoms with Gasteiger partial charge in [0.1, 0.15) is 18.0 Å². The molecule has 182 valence electrons. The lowest BCUT2D eigenvalue weighted by Gasteiger charge is -2.27. The average molecular weight is 474 g/mol. The Morgan fingerprint density at radius 3 is 2.31 bits per heavy atom. The van der Waals surface area contributed by atoms with Crippen LogP contribution < -0.4 is 4.90 Å². The van der Waals surface area contributed by atoms with Crippen LogP contribution in [0, 0.1) is 0 Å². The summed E-state index contributed by atoms with van der Waals surface area (Å²) in [4.78, 5) is 33.6. The molecule has 2 amide bonds. The number of hydrogen-bond donors (Lipinski definition) is 0. The number of nitrogens with zero attached hydrogens (tertiary/aromatic N) is 3. The van der Waals surface area contributed by atoms with Gasteiger partial charge >= 0.3 is 12.2 Å². The van der Waals surface area contributed by atoms with E-state index >= 15 is 0 Å². The van der Waals surface area contributed by atoms with E-state index in [2.05, 4.69) is 4.98 Å². The number of rotatable bonds is 5. The molecule has 1 atom stereocenters. The van der Waals surface area contributed by atoms with Crippen molar-refractivity contribution in [2.24, 2.45) is 0 Å². The molecule has 3 aromatic rings. The molecule has 0 saturated carbocycles. The molecular formula is C28H31N3O4. The van der Waals surface area contributed by atoms with E-state index in [0.29, 0.717) is 18.1 Å². The molecule has 35 heavy (non-hydrogen) atoms. The van der Waals surface area contributed by atoms with E-state index in [1.54, 1.807) is 17.2 Å². The van der Waals surface area contributed by atoms with Gasteiger partial charge in [-0.2, -0.15) is 0 Å². The summed E-state index contributed by atoms with van der Waals surface area (Å²) in [5.74, 6) is 0.449. The summed E-state index contributed by atoms with van der Waals surface area (Å²) < 4.78 is 11.2. The minimum Gasteiger partial charge on any atom is -0.445 e.